The molecule has 0 aromatic heterocycles. The van der Waals surface area contributed by atoms with Crippen molar-refractivity contribution in [1.29, 1.82) is 0 Å². The molecule has 0 saturated heterocycles. The Bertz CT molecular complexity index is 822. The highest BCUT2D eigenvalue weighted by Gasteiger charge is 2.28. The molecule has 162 valence electrons. The normalized spacial score (nSPS) is 11.9. The smallest absolute Gasteiger partial charge is 0.243 e. The van der Waals surface area contributed by atoms with Crippen molar-refractivity contribution in [2.24, 2.45) is 0 Å². The van der Waals surface area contributed by atoms with Gasteiger partial charge < -0.3 is 10.2 Å². The Hall–Kier alpha value is -1.98. The predicted molar refractivity (Wildman–Crippen MR) is 126 cm³/mol. The van der Waals surface area contributed by atoms with Gasteiger partial charge in [-0.15, -0.1) is 11.8 Å². The SMILES string of the molecule is CC[C@H](C(=O)NC(C)C)N(Cc1ccc(C)cc1)C(=O)CCSc1ccc(Cl)cc1. The van der Waals surface area contributed by atoms with Crippen LogP contribution in [0.25, 0.3) is 0 Å². The van der Waals surface area contributed by atoms with Gasteiger partial charge in [0.25, 0.3) is 0 Å². The van der Waals surface area contributed by atoms with E-state index in [1.165, 1.54) is 5.56 Å². The van der Waals surface area contributed by atoms with Crippen LogP contribution in [0.2, 0.25) is 5.02 Å². The van der Waals surface area contributed by atoms with E-state index in [1.54, 1.807) is 16.7 Å². The van der Waals surface area contributed by atoms with Crippen LogP contribution in [0.5, 0.6) is 0 Å². The number of carbonyl (C=O) groups is 2. The van der Waals surface area contributed by atoms with Crippen molar-refractivity contribution in [3.05, 3.63) is 64.7 Å². The molecule has 0 radical (unpaired) electrons. The quantitative estimate of drug-likeness (QED) is 0.493. The van der Waals surface area contributed by atoms with Gasteiger partial charge in [-0.3, -0.25) is 9.59 Å². The maximum absolute atomic E-state index is 13.2. The summed E-state index contributed by atoms with van der Waals surface area (Å²) in [4.78, 5) is 28.7. The highest BCUT2D eigenvalue weighted by atomic mass is 35.5. The average molecular weight is 447 g/mol. The van der Waals surface area contributed by atoms with Gasteiger partial charge in [0.2, 0.25) is 11.8 Å². The number of carbonyl (C=O) groups excluding carboxylic acids is 2. The number of benzene rings is 2. The molecule has 4 nitrogen and oxygen atoms in total. The zero-order valence-corrected chi connectivity index (χ0v) is 19.7. The van der Waals surface area contributed by atoms with E-state index < -0.39 is 6.04 Å². The second-order valence-corrected chi connectivity index (χ2v) is 9.25. The predicted octanol–water partition coefficient (Wildman–Crippen LogP) is 5.46. The van der Waals surface area contributed by atoms with Crippen molar-refractivity contribution in [2.45, 2.75) is 64.1 Å². The second kappa shape index (κ2) is 12.0. The number of amides is 2. The molecule has 0 aliphatic heterocycles. The summed E-state index contributed by atoms with van der Waals surface area (Å²) < 4.78 is 0. The molecular weight excluding hydrogens is 416 g/mol. The van der Waals surface area contributed by atoms with E-state index in [-0.39, 0.29) is 17.9 Å². The van der Waals surface area contributed by atoms with Crippen LogP contribution >= 0.6 is 23.4 Å². The topological polar surface area (TPSA) is 49.4 Å². The highest BCUT2D eigenvalue weighted by molar-refractivity contribution is 7.99. The standard InChI is InChI=1S/C24H31ClN2O2S/c1-5-22(24(29)26-17(2)3)27(16-19-8-6-18(4)7-9-19)23(28)14-15-30-21-12-10-20(25)11-13-21/h6-13,17,22H,5,14-16H2,1-4H3,(H,26,29)/t22-/m1/s1. The van der Waals surface area contributed by atoms with Crippen molar-refractivity contribution in [3.8, 4) is 0 Å². The van der Waals surface area contributed by atoms with Crippen molar-refractivity contribution in [1.82, 2.24) is 10.2 Å². The first-order chi connectivity index (χ1) is 14.3. The van der Waals surface area contributed by atoms with Gasteiger partial charge in [0.15, 0.2) is 0 Å². The van der Waals surface area contributed by atoms with E-state index in [4.69, 9.17) is 11.6 Å². The molecule has 2 rings (SSSR count). The summed E-state index contributed by atoms with van der Waals surface area (Å²) in [6.45, 7) is 8.27. The van der Waals surface area contributed by atoms with E-state index in [1.807, 2.05) is 76.2 Å². The number of aryl methyl sites for hydroxylation is 1. The molecule has 0 spiro atoms. The first kappa shape index (κ1) is 24.3. The van der Waals surface area contributed by atoms with Crippen molar-refractivity contribution >= 4 is 35.2 Å². The van der Waals surface area contributed by atoms with Crippen LogP contribution in [0.1, 0.15) is 44.7 Å². The monoisotopic (exact) mass is 446 g/mol. The van der Waals surface area contributed by atoms with Gasteiger partial charge in [0, 0.05) is 34.7 Å². The van der Waals surface area contributed by atoms with Crippen LogP contribution in [0.15, 0.2) is 53.4 Å². The van der Waals surface area contributed by atoms with Crippen LogP contribution in [0.4, 0.5) is 0 Å². The summed E-state index contributed by atoms with van der Waals surface area (Å²) in [5, 5.41) is 3.66. The zero-order chi connectivity index (χ0) is 22.1. The van der Waals surface area contributed by atoms with Crippen LogP contribution < -0.4 is 5.32 Å². The van der Waals surface area contributed by atoms with Gasteiger partial charge in [-0.25, -0.2) is 0 Å². The third-order valence-corrected chi connectivity index (χ3v) is 5.95. The number of nitrogens with one attached hydrogen (secondary N) is 1. The minimum absolute atomic E-state index is 0.0113. The molecule has 30 heavy (non-hydrogen) atoms. The Kier molecular flexibility index (Phi) is 9.73. The molecule has 0 aliphatic rings. The Labute approximate surface area is 189 Å². The van der Waals surface area contributed by atoms with Gasteiger partial charge in [-0.05, 0) is 57.0 Å². The maximum atomic E-state index is 13.2. The van der Waals surface area contributed by atoms with Gasteiger partial charge >= 0.3 is 0 Å². The lowest BCUT2D eigenvalue weighted by atomic mass is 10.1. The number of hydrogen-bond acceptors (Lipinski definition) is 3. The fourth-order valence-corrected chi connectivity index (χ4v) is 4.09. The molecule has 2 aromatic rings. The summed E-state index contributed by atoms with van der Waals surface area (Å²) in [6, 6.07) is 15.2. The molecule has 6 heteroatoms. The number of halogens is 1. The molecule has 0 saturated carbocycles. The average Bonchev–Trinajstić information content (AvgIpc) is 2.70. The summed E-state index contributed by atoms with van der Waals surface area (Å²) in [7, 11) is 0. The lowest BCUT2D eigenvalue weighted by Gasteiger charge is -2.31. The number of rotatable bonds is 10. The minimum Gasteiger partial charge on any atom is -0.352 e. The molecule has 0 fully saturated rings. The van der Waals surface area contributed by atoms with E-state index in [2.05, 4.69) is 5.32 Å². The third kappa shape index (κ3) is 7.69. The van der Waals surface area contributed by atoms with Gasteiger partial charge in [0.05, 0.1) is 0 Å². The first-order valence-corrected chi connectivity index (χ1v) is 11.7. The maximum Gasteiger partial charge on any atom is 0.243 e. The van der Waals surface area contributed by atoms with Gasteiger partial charge in [-0.1, -0.05) is 48.4 Å². The summed E-state index contributed by atoms with van der Waals surface area (Å²) in [5.41, 5.74) is 2.19. The van der Waals surface area contributed by atoms with E-state index in [9.17, 15) is 9.59 Å². The van der Waals surface area contributed by atoms with Crippen LogP contribution in [0, 0.1) is 6.92 Å². The largest absolute Gasteiger partial charge is 0.352 e. The van der Waals surface area contributed by atoms with Crippen LogP contribution in [-0.4, -0.2) is 34.6 Å². The Balaban J connectivity index is 2.11. The van der Waals surface area contributed by atoms with Crippen LogP contribution in [-0.2, 0) is 16.1 Å². The first-order valence-electron chi connectivity index (χ1n) is 10.3. The fraction of sp³-hybridized carbons (Fsp3) is 0.417. The number of hydrogen-bond donors (Lipinski definition) is 1. The van der Waals surface area contributed by atoms with Crippen molar-refractivity contribution in [2.75, 3.05) is 5.75 Å². The van der Waals surface area contributed by atoms with E-state index in [0.29, 0.717) is 30.2 Å². The molecule has 1 atom stereocenters. The molecular formula is C24H31ClN2O2S. The molecule has 2 aromatic carbocycles. The van der Waals surface area contributed by atoms with E-state index >= 15 is 0 Å². The van der Waals surface area contributed by atoms with E-state index in [0.717, 1.165) is 10.5 Å². The molecule has 2 amide bonds. The lowest BCUT2D eigenvalue weighted by Crippen LogP contribution is -2.50. The Morgan fingerprint density at radius 1 is 1.07 bits per heavy atom. The summed E-state index contributed by atoms with van der Waals surface area (Å²) in [6.07, 6.45) is 0.936. The molecule has 0 aliphatic carbocycles. The minimum atomic E-state index is -0.485. The lowest BCUT2D eigenvalue weighted by molar-refractivity contribution is -0.141. The Morgan fingerprint density at radius 3 is 2.27 bits per heavy atom. The highest BCUT2D eigenvalue weighted by Crippen LogP contribution is 2.22. The molecule has 1 N–H and O–H groups in total. The molecule has 0 heterocycles. The zero-order valence-electron chi connectivity index (χ0n) is 18.2. The molecule has 0 unspecified atom stereocenters. The summed E-state index contributed by atoms with van der Waals surface area (Å²) in [5.74, 6) is 0.536. The second-order valence-electron chi connectivity index (χ2n) is 7.65. The fourth-order valence-electron chi connectivity index (χ4n) is 3.12. The third-order valence-electron chi connectivity index (χ3n) is 4.69. The van der Waals surface area contributed by atoms with Gasteiger partial charge in [0.1, 0.15) is 6.04 Å². The molecule has 0 bridgehead atoms. The number of nitrogens with zero attached hydrogens (tertiary/aromatic N) is 1. The number of thioether (sulfide) groups is 1. The van der Waals surface area contributed by atoms with Crippen molar-refractivity contribution < 1.29 is 9.59 Å². The van der Waals surface area contributed by atoms with Crippen LogP contribution in [0.3, 0.4) is 0 Å². The summed E-state index contributed by atoms with van der Waals surface area (Å²) >= 11 is 7.55. The van der Waals surface area contributed by atoms with Gasteiger partial charge in [-0.2, -0.15) is 0 Å². The Morgan fingerprint density at radius 2 is 1.70 bits per heavy atom. The van der Waals surface area contributed by atoms with Crippen molar-refractivity contribution in [3.63, 3.8) is 0 Å².